The molecule has 2 heterocycles. The zero-order valence-corrected chi connectivity index (χ0v) is 26.8. The molecule has 0 atom stereocenters. The van der Waals surface area contributed by atoms with Gasteiger partial charge in [-0.05, 0) is 26.0 Å². The summed E-state index contributed by atoms with van der Waals surface area (Å²) in [4.78, 5) is 48.0. The second-order valence-electron chi connectivity index (χ2n) is 8.48. The van der Waals surface area contributed by atoms with Crippen molar-refractivity contribution in [3.05, 3.63) is 48.2 Å². The van der Waals surface area contributed by atoms with Crippen LogP contribution < -0.4 is 22.9 Å². The maximum Gasteiger partial charge on any atom is 0.300 e. The van der Waals surface area contributed by atoms with Gasteiger partial charge in [-0.2, -0.15) is 0 Å². The summed E-state index contributed by atoms with van der Waals surface area (Å²) in [6.07, 6.45) is 6.10. The van der Waals surface area contributed by atoms with Crippen molar-refractivity contribution in [3.63, 3.8) is 0 Å². The van der Waals surface area contributed by atoms with Crippen molar-refractivity contribution in [3.8, 4) is 0 Å². The van der Waals surface area contributed by atoms with E-state index < -0.39 is 17.5 Å². The lowest BCUT2D eigenvalue weighted by Crippen LogP contribution is -2.38. The van der Waals surface area contributed by atoms with Crippen molar-refractivity contribution in [1.82, 2.24) is 24.8 Å². The Bertz CT molecular complexity index is 1170. The van der Waals surface area contributed by atoms with Crippen LogP contribution in [-0.4, -0.2) is 102 Å². The number of aliphatic carboxylic acids is 1. The van der Waals surface area contributed by atoms with Gasteiger partial charge in [0.15, 0.2) is 11.7 Å². The largest absolute Gasteiger partial charge is 0.481 e. The number of Topliss-reactive ketones (excluding diaryl/α,β-unsaturated/α-hetero) is 1. The van der Waals surface area contributed by atoms with Crippen LogP contribution in [0.5, 0.6) is 0 Å². The van der Waals surface area contributed by atoms with Crippen LogP contribution in [0.3, 0.4) is 0 Å². The molecule has 0 bridgehead atoms. The number of rotatable bonds is 9. The summed E-state index contributed by atoms with van der Waals surface area (Å²) in [6.45, 7) is 5.85. The molecule has 18 nitrogen and oxygen atoms in total. The lowest BCUT2D eigenvalue weighted by molar-refractivity contribution is -0.204. The molecule has 248 valence electrons. The first-order valence-corrected chi connectivity index (χ1v) is 12.3. The second kappa shape index (κ2) is 22.8. The summed E-state index contributed by atoms with van der Waals surface area (Å²) in [5.41, 5.74) is 20.6. The molecule has 10 N–H and O–H groups in total. The molecule has 2 aromatic rings. The average molecular weight is 627 g/mol. The summed E-state index contributed by atoms with van der Waals surface area (Å²) in [5.74, 6) is -3.19. The Kier molecular flexibility index (Phi) is 22.6. The first-order chi connectivity index (χ1) is 20.2. The number of hydrogen-bond donors (Lipinski definition) is 6. The van der Waals surface area contributed by atoms with Crippen molar-refractivity contribution in [1.29, 1.82) is 5.41 Å². The minimum Gasteiger partial charge on any atom is -0.481 e. The molecule has 0 fully saturated rings. The Hall–Kier alpha value is -4.78. The van der Waals surface area contributed by atoms with Gasteiger partial charge in [-0.3, -0.25) is 19.8 Å². The first-order valence-electron chi connectivity index (χ1n) is 12.3. The van der Waals surface area contributed by atoms with E-state index in [1.165, 1.54) is 39.5 Å². The van der Waals surface area contributed by atoms with Crippen LogP contribution in [0.4, 0.5) is 11.9 Å². The lowest BCUT2D eigenvalue weighted by Gasteiger charge is -2.25. The van der Waals surface area contributed by atoms with Gasteiger partial charge in [-0.15, -0.1) is 0 Å². The molecule has 0 spiro atoms. The second-order valence-corrected chi connectivity index (χ2v) is 8.48. The zero-order valence-electron chi connectivity index (χ0n) is 26.8. The number of anilines is 2. The predicted octanol–water partition coefficient (Wildman–Crippen LogP) is 0.355. The standard InChI is InChI=1S/C9H17NO3.C8H13N3O2.C6H7N3O.C2H4O2.CH5N3/c1-9(12-4,13-5)8(11)6-7-10(2)3;1-8(12-2,13-3)6-4-5-10-7(9)11-6;1-4(10)5-2-3-8-6(7)9-5;1-2(3)4;2-1(3)4/h6-7H,1-5H3;4-5H,1-3H3,(H2,9,10,11);2-3H,1H3,(H2,7,8,9);1H3,(H,3,4);(H5,2,3,4)/b7-6+;;;;. The summed E-state index contributed by atoms with van der Waals surface area (Å²) in [6, 6.07) is 3.22. The monoisotopic (exact) mass is 626 g/mol. The van der Waals surface area contributed by atoms with Gasteiger partial charge in [-0.25, -0.2) is 19.9 Å². The molecule has 0 radical (unpaired) electrons. The minimum atomic E-state index is -1.17. The molecular weight excluding hydrogens is 580 g/mol. The number of aromatic nitrogens is 4. The van der Waals surface area contributed by atoms with Crippen molar-refractivity contribution < 1.29 is 38.4 Å². The molecule has 0 saturated carbocycles. The molecular formula is C26H46N10O8. The number of carbonyl (C=O) groups excluding carboxylic acids is 2. The number of carboxylic acids is 1. The molecule has 0 saturated heterocycles. The van der Waals surface area contributed by atoms with E-state index in [0.717, 1.165) is 6.92 Å². The molecule has 0 amide bonds. The third-order valence-corrected chi connectivity index (χ3v) is 4.70. The number of methoxy groups -OCH3 is 4. The van der Waals surface area contributed by atoms with Gasteiger partial charge in [-0.1, -0.05) is 0 Å². The fraction of sp³-hybridized carbons (Fsp3) is 0.462. The number of nitrogen functional groups attached to an aromatic ring is 2. The fourth-order valence-corrected chi connectivity index (χ4v) is 2.14. The van der Waals surface area contributed by atoms with Crippen LogP contribution in [0.25, 0.3) is 0 Å². The number of carbonyl (C=O) groups is 3. The number of ether oxygens (including phenoxy) is 4. The zero-order chi connectivity index (χ0) is 35.1. The minimum absolute atomic E-state index is 0.103. The van der Waals surface area contributed by atoms with Gasteiger partial charge in [0, 0.05) is 81.1 Å². The average Bonchev–Trinajstić information content (AvgIpc) is 2.95. The molecule has 0 aromatic carbocycles. The van der Waals surface area contributed by atoms with Gasteiger partial charge >= 0.3 is 0 Å². The van der Waals surface area contributed by atoms with E-state index in [1.807, 2.05) is 14.1 Å². The molecule has 0 aliphatic heterocycles. The van der Waals surface area contributed by atoms with Crippen LogP contribution in [-0.2, 0) is 34.3 Å². The Morgan fingerprint density at radius 3 is 1.59 bits per heavy atom. The topological polar surface area (TPSA) is 291 Å². The Labute approximate surface area is 257 Å². The Morgan fingerprint density at radius 1 is 0.886 bits per heavy atom. The van der Waals surface area contributed by atoms with Crippen LogP contribution in [0.2, 0.25) is 0 Å². The van der Waals surface area contributed by atoms with E-state index in [9.17, 15) is 9.59 Å². The Morgan fingerprint density at radius 2 is 1.30 bits per heavy atom. The van der Waals surface area contributed by atoms with Crippen molar-refractivity contribution in [2.45, 2.75) is 39.3 Å². The molecule has 0 unspecified atom stereocenters. The van der Waals surface area contributed by atoms with E-state index in [1.54, 1.807) is 51.4 Å². The van der Waals surface area contributed by atoms with E-state index in [4.69, 9.17) is 45.7 Å². The molecule has 18 heteroatoms. The van der Waals surface area contributed by atoms with E-state index in [2.05, 4.69) is 31.4 Å². The number of nitrogens with one attached hydrogen (secondary N) is 1. The highest BCUT2D eigenvalue weighted by Crippen LogP contribution is 2.23. The highest BCUT2D eigenvalue weighted by atomic mass is 16.7. The number of ketones is 2. The first kappa shape index (κ1) is 43.7. The number of nitrogens with two attached hydrogens (primary N) is 4. The third kappa shape index (κ3) is 21.0. The highest BCUT2D eigenvalue weighted by molar-refractivity contribution is 5.95. The van der Waals surface area contributed by atoms with Crippen LogP contribution in [0.15, 0.2) is 36.8 Å². The quantitative estimate of drug-likeness (QED) is 0.0719. The van der Waals surface area contributed by atoms with Gasteiger partial charge in [0.25, 0.3) is 5.97 Å². The maximum atomic E-state index is 11.5. The predicted molar refractivity (Wildman–Crippen MR) is 164 cm³/mol. The normalized spacial score (nSPS) is 10.2. The summed E-state index contributed by atoms with van der Waals surface area (Å²) in [5, 5.41) is 13.5. The molecule has 0 aliphatic rings. The molecule has 44 heavy (non-hydrogen) atoms. The lowest BCUT2D eigenvalue weighted by atomic mass is 10.2. The van der Waals surface area contributed by atoms with Gasteiger partial charge in [0.1, 0.15) is 11.4 Å². The summed E-state index contributed by atoms with van der Waals surface area (Å²) < 4.78 is 20.2. The number of guanidine groups is 1. The number of nitrogens with zero attached hydrogens (tertiary/aromatic N) is 5. The maximum absolute atomic E-state index is 11.5. The number of carboxylic acid groups (broad SMARTS) is 1. The van der Waals surface area contributed by atoms with E-state index in [-0.39, 0.29) is 29.4 Å². The molecule has 2 aromatic heterocycles. The van der Waals surface area contributed by atoms with Crippen molar-refractivity contribution in [2.24, 2.45) is 11.5 Å². The van der Waals surface area contributed by atoms with Crippen LogP contribution >= 0.6 is 0 Å². The van der Waals surface area contributed by atoms with Crippen molar-refractivity contribution in [2.75, 3.05) is 54.0 Å². The van der Waals surface area contributed by atoms with Gasteiger partial charge in [0.2, 0.25) is 29.3 Å². The molecule has 0 aliphatic carbocycles. The van der Waals surface area contributed by atoms with E-state index in [0.29, 0.717) is 11.4 Å². The van der Waals surface area contributed by atoms with Crippen LogP contribution in [0, 0.1) is 5.41 Å². The smallest absolute Gasteiger partial charge is 0.300 e. The summed E-state index contributed by atoms with van der Waals surface area (Å²) in [7, 11) is 9.63. The van der Waals surface area contributed by atoms with Crippen LogP contribution in [0.1, 0.15) is 43.9 Å². The third-order valence-electron chi connectivity index (χ3n) is 4.70. The SMILES string of the molecule is CC(=O)O.CC(=O)c1ccnc(N)n1.COC(C)(OC)C(=O)/C=C/N(C)C.COC(C)(OC)c1ccnc(N)n1.N=C(N)N. The Balaban J connectivity index is -0.000000513. The fourth-order valence-electron chi connectivity index (χ4n) is 2.14. The van der Waals surface area contributed by atoms with E-state index >= 15 is 0 Å². The van der Waals surface area contributed by atoms with Crippen molar-refractivity contribution >= 4 is 35.4 Å². The van der Waals surface area contributed by atoms with Gasteiger partial charge < -0.3 is 51.9 Å². The molecule has 2 rings (SSSR count). The highest BCUT2D eigenvalue weighted by Gasteiger charge is 2.30. The number of hydrogen-bond acceptors (Lipinski definition) is 15. The van der Waals surface area contributed by atoms with Gasteiger partial charge in [0.05, 0.1) is 0 Å². The summed E-state index contributed by atoms with van der Waals surface area (Å²) >= 11 is 0.